The topological polar surface area (TPSA) is 78.3 Å². The Bertz CT molecular complexity index is 995. The average Bonchev–Trinajstić information content (AvgIpc) is 3.12. The number of aromatic amines is 1. The summed E-state index contributed by atoms with van der Waals surface area (Å²) in [6.07, 6.45) is 7.14. The van der Waals surface area contributed by atoms with Gasteiger partial charge in [-0.05, 0) is 49.3 Å². The summed E-state index contributed by atoms with van der Waals surface area (Å²) in [6, 6.07) is 8.00. The molecule has 0 amide bonds. The van der Waals surface area contributed by atoms with Crippen LogP contribution >= 0.6 is 12.0 Å². The Labute approximate surface area is 181 Å². The Kier molecular flexibility index (Phi) is 6.35. The molecule has 1 N–H and O–H groups in total. The Hall–Kier alpha value is -2.43. The quantitative estimate of drug-likeness (QED) is 0.297. The fraction of sp³-hybridized carbons (Fsp3) is 0.478. The summed E-state index contributed by atoms with van der Waals surface area (Å²) < 4.78 is 11.7. The molecule has 1 aliphatic carbocycles. The van der Waals surface area contributed by atoms with Crippen LogP contribution in [0.1, 0.15) is 54.1 Å². The normalized spacial score (nSPS) is 18.1. The van der Waals surface area contributed by atoms with E-state index >= 15 is 0 Å². The van der Waals surface area contributed by atoms with Crippen molar-refractivity contribution in [2.75, 3.05) is 27.3 Å². The van der Waals surface area contributed by atoms with E-state index in [1.807, 2.05) is 18.2 Å². The molecule has 158 valence electrons. The van der Waals surface area contributed by atoms with Gasteiger partial charge >= 0.3 is 0 Å². The molecule has 0 radical (unpaired) electrons. The summed E-state index contributed by atoms with van der Waals surface area (Å²) in [5.74, 6) is 1.09. The molecule has 7 heteroatoms. The van der Waals surface area contributed by atoms with Crippen LogP contribution in [0.2, 0.25) is 0 Å². The van der Waals surface area contributed by atoms with Crippen molar-refractivity contribution < 1.29 is 13.7 Å². The van der Waals surface area contributed by atoms with Gasteiger partial charge in [0.25, 0.3) is 0 Å². The summed E-state index contributed by atoms with van der Waals surface area (Å²) in [7, 11) is 3.58. The van der Waals surface area contributed by atoms with E-state index in [9.17, 15) is 10.1 Å². The molecule has 2 aromatic rings. The fourth-order valence-corrected chi connectivity index (χ4v) is 4.61. The molecule has 0 spiro atoms. The molecule has 1 aromatic heterocycles. The molecule has 2 heterocycles. The zero-order valence-electron chi connectivity index (χ0n) is 17.4. The van der Waals surface area contributed by atoms with Crippen molar-refractivity contribution >= 4 is 28.7 Å². The highest BCUT2D eigenvalue weighted by atomic mass is 32.2. The maximum Gasteiger partial charge on any atom is 0.221 e. The molecule has 0 bridgehead atoms. The van der Waals surface area contributed by atoms with Crippen LogP contribution in [0.4, 0.5) is 0 Å². The summed E-state index contributed by atoms with van der Waals surface area (Å²) in [5, 5.41) is 10.8. The zero-order chi connectivity index (χ0) is 21.1. The third-order valence-corrected chi connectivity index (χ3v) is 6.75. The Balaban J connectivity index is 1.62. The minimum atomic E-state index is -0.299. The van der Waals surface area contributed by atoms with Crippen LogP contribution in [0.5, 0.6) is 5.75 Å². The van der Waals surface area contributed by atoms with Crippen LogP contribution in [0.25, 0.3) is 10.9 Å². The van der Waals surface area contributed by atoms with Gasteiger partial charge in [-0.15, -0.1) is 0 Å². The van der Waals surface area contributed by atoms with Crippen molar-refractivity contribution in [3.8, 4) is 11.8 Å². The molecule has 1 saturated carbocycles. The van der Waals surface area contributed by atoms with Gasteiger partial charge < -0.3 is 18.8 Å². The fourth-order valence-electron chi connectivity index (χ4n) is 3.84. The molecule has 30 heavy (non-hydrogen) atoms. The van der Waals surface area contributed by atoms with Crippen molar-refractivity contribution in [2.24, 2.45) is 0 Å². The number of carbonyl (C=O) groups is 1. The molecule has 1 aromatic carbocycles. The number of nitrogens with zero attached hydrogens (tertiary/aromatic N) is 2. The first-order valence-electron chi connectivity index (χ1n) is 10.5. The van der Waals surface area contributed by atoms with E-state index in [-0.39, 0.29) is 11.4 Å². The number of aromatic nitrogens is 1. The number of allylic oxidation sites excluding steroid dienone is 1. The number of Topliss-reactive ketones (excluding diaryl/α,β-unsaturated/α-hetero) is 1. The van der Waals surface area contributed by atoms with Gasteiger partial charge in [0.05, 0.1) is 17.7 Å². The molecule has 2 aliphatic rings. The highest BCUT2D eigenvalue weighted by Gasteiger charge is 2.26. The van der Waals surface area contributed by atoms with Gasteiger partial charge in [-0.3, -0.25) is 4.79 Å². The van der Waals surface area contributed by atoms with Gasteiger partial charge in [0, 0.05) is 55.7 Å². The number of rotatable bonds is 7. The highest BCUT2D eigenvalue weighted by molar-refractivity contribution is 7.95. The third-order valence-electron chi connectivity index (χ3n) is 5.74. The van der Waals surface area contributed by atoms with Crippen LogP contribution in [0, 0.1) is 11.3 Å². The summed E-state index contributed by atoms with van der Waals surface area (Å²) in [5.41, 5.74) is 2.60. The number of nitrogens with one attached hydrogen (secondary N) is 1. The average molecular weight is 426 g/mol. The third kappa shape index (κ3) is 4.50. The first-order valence-corrected chi connectivity index (χ1v) is 11.3. The van der Waals surface area contributed by atoms with Crippen LogP contribution in [0.15, 0.2) is 30.0 Å². The van der Waals surface area contributed by atoms with Crippen LogP contribution < -0.4 is 4.18 Å². The second-order valence-corrected chi connectivity index (χ2v) is 9.25. The van der Waals surface area contributed by atoms with Crippen molar-refractivity contribution in [2.45, 2.75) is 43.3 Å². The zero-order valence-corrected chi connectivity index (χ0v) is 18.3. The predicted molar refractivity (Wildman–Crippen MR) is 119 cm³/mol. The van der Waals surface area contributed by atoms with Crippen molar-refractivity contribution in [1.29, 1.82) is 5.26 Å². The lowest BCUT2D eigenvalue weighted by Crippen LogP contribution is -2.18. The van der Waals surface area contributed by atoms with E-state index in [1.54, 1.807) is 25.2 Å². The maximum atomic E-state index is 12.8. The molecule has 0 unspecified atom stereocenters. The first kappa shape index (κ1) is 20.8. The largest absolute Gasteiger partial charge is 0.425 e. The van der Waals surface area contributed by atoms with Gasteiger partial charge in [0.15, 0.2) is 0 Å². The van der Waals surface area contributed by atoms with Gasteiger partial charge in [-0.2, -0.15) is 5.26 Å². The van der Waals surface area contributed by atoms with Gasteiger partial charge in [0.1, 0.15) is 17.4 Å². The number of hydrogen-bond donors (Lipinski definition) is 1. The van der Waals surface area contributed by atoms with Crippen molar-refractivity contribution in [3.05, 3.63) is 41.2 Å². The molecule has 4 rings (SSSR count). The predicted octanol–water partition coefficient (Wildman–Crippen LogP) is 4.79. The lowest BCUT2D eigenvalue weighted by Gasteiger charge is -2.28. The van der Waals surface area contributed by atoms with E-state index in [2.05, 4.69) is 11.1 Å². The molecule has 1 saturated heterocycles. The molecular weight excluding hydrogens is 398 g/mol. The van der Waals surface area contributed by atoms with Gasteiger partial charge in [-0.1, -0.05) is 6.42 Å². The Morgan fingerprint density at radius 1 is 1.27 bits per heavy atom. The number of hydrogen-bond acceptors (Lipinski definition) is 6. The van der Waals surface area contributed by atoms with E-state index in [4.69, 9.17) is 8.92 Å². The maximum absolute atomic E-state index is 12.8. The minimum absolute atomic E-state index is 0.109. The number of ether oxygens (including phenoxy) is 1. The van der Waals surface area contributed by atoms with Crippen LogP contribution in [-0.4, -0.2) is 48.2 Å². The molecule has 6 nitrogen and oxygen atoms in total. The lowest BCUT2D eigenvalue weighted by molar-refractivity contribution is 0.0993. The number of carbonyl (C=O) groups excluding carboxylic acids is 1. The Morgan fingerprint density at radius 3 is 2.67 bits per heavy atom. The van der Waals surface area contributed by atoms with E-state index in [0.717, 1.165) is 42.7 Å². The number of ketones is 1. The standard InChI is InChI=1S/C23H27N3O3S/c1-26(2)14-17(13-24)23(27)21-11-16-10-19(15-4-3-5-15)22(12-20(16)25-21)29-30-18-6-8-28-9-7-18/h10-12,14-15,18,25H,3-9H2,1-2H3/b17-14+. The van der Waals surface area contributed by atoms with E-state index < -0.39 is 0 Å². The highest BCUT2D eigenvalue weighted by Crippen LogP contribution is 2.44. The number of fused-ring (bicyclic) bond motifs is 1. The smallest absolute Gasteiger partial charge is 0.221 e. The monoisotopic (exact) mass is 425 g/mol. The molecule has 0 atom stereocenters. The van der Waals surface area contributed by atoms with E-state index in [1.165, 1.54) is 36.9 Å². The number of benzene rings is 1. The van der Waals surface area contributed by atoms with Gasteiger partial charge in [-0.25, -0.2) is 0 Å². The second kappa shape index (κ2) is 9.15. The van der Waals surface area contributed by atoms with Crippen LogP contribution in [0.3, 0.4) is 0 Å². The minimum Gasteiger partial charge on any atom is -0.425 e. The Morgan fingerprint density at radius 2 is 2.03 bits per heavy atom. The first-order chi connectivity index (χ1) is 14.5. The number of H-pyrrole nitrogens is 1. The summed E-state index contributed by atoms with van der Waals surface area (Å²) >= 11 is 1.54. The summed E-state index contributed by atoms with van der Waals surface area (Å²) in [6.45, 7) is 1.58. The lowest BCUT2D eigenvalue weighted by atomic mass is 9.79. The van der Waals surface area contributed by atoms with Crippen molar-refractivity contribution in [3.63, 3.8) is 0 Å². The molecule has 1 aliphatic heterocycles. The number of nitriles is 1. The van der Waals surface area contributed by atoms with Crippen LogP contribution in [-0.2, 0) is 4.74 Å². The SMILES string of the molecule is CN(C)/C=C(\C#N)C(=O)c1cc2cc(C3CCC3)c(OSC3CCOCC3)cc2[nH]1. The summed E-state index contributed by atoms with van der Waals surface area (Å²) in [4.78, 5) is 17.7. The van der Waals surface area contributed by atoms with E-state index in [0.29, 0.717) is 16.9 Å². The second-order valence-electron chi connectivity index (χ2n) is 8.23. The molecular formula is C23H27N3O3S. The molecule has 2 fully saturated rings. The van der Waals surface area contributed by atoms with Crippen molar-refractivity contribution in [1.82, 2.24) is 9.88 Å². The van der Waals surface area contributed by atoms with Gasteiger partial charge in [0.2, 0.25) is 5.78 Å².